The third-order valence-electron chi connectivity index (χ3n) is 7.39. The molecule has 0 atom stereocenters. The molecule has 3 aliphatic rings. The first-order valence-corrected chi connectivity index (χ1v) is 13.7. The van der Waals surface area contributed by atoms with Crippen molar-refractivity contribution >= 4 is 34.8 Å². The molecule has 0 aromatic heterocycles. The molecular formula is C30H31Cl2NO4. The van der Waals surface area contributed by atoms with Gasteiger partial charge in [0, 0.05) is 52.9 Å². The highest BCUT2D eigenvalue weighted by Crippen LogP contribution is 2.51. The van der Waals surface area contributed by atoms with E-state index in [0.29, 0.717) is 34.4 Å². The molecule has 0 bridgehead atoms. The molecule has 0 N–H and O–H groups in total. The minimum Gasteiger partial charge on any atom is -0.493 e. The first-order chi connectivity index (χ1) is 17.9. The Morgan fingerprint density at radius 3 is 2.22 bits per heavy atom. The van der Waals surface area contributed by atoms with Crippen molar-refractivity contribution in [2.75, 3.05) is 13.7 Å². The Hall–Kier alpha value is -2.76. The highest BCUT2D eigenvalue weighted by atomic mass is 35.5. The Bertz CT molecular complexity index is 1270. The van der Waals surface area contributed by atoms with Crippen LogP contribution >= 0.6 is 23.2 Å². The van der Waals surface area contributed by atoms with E-state index in [0.717, 1.165) is 72.3 Å². The molecular weight excluding hydrogens is 509 g/mol. The smallest absolute Gasteiger partial charge is 0.180 e. The van der Waals surface area contributed by atoms with Gasteiger partial charge >= 0.3 is 0 Å². The van der Waals surface area contributed by atoms with Crippen molar-refractivity contribution < 1.29 is 19.1 Å². The largest absolute Gasteiger partial charge is 0.493 e. The van der Waals surface area contributed by atoms with Crippen molar-refractivity contribution in [1.82, 2.24) is 4.90 Å². The third kappa shape index (κ3) is 4.92. The lowest BCUT2D eigenvalue weighted by molar-refractivity contribution is -0.117. The van der Waals surface area contributed by atoms with Gasteiger partial charge in [0.2, 0.25) is 0 Å². The van der Waals surface area contributed by atoms with Gasteiger partial charge in [0.05, 0.1) is 12.1 Å². The zero-order chi connectivity index (χ0) is 26.1. The zero-order valence-electron chi connectivity index (χ0n) is 21.2. The van der Waals surface area contributed by atoms with Crippen molar-refractivity contribution in [2.45, 2.75) is 64.4 Å². The number of hydrogen-bond donors (Lipinski definition) is 0. The van der Waals surface area contributed by atoms with Crippen LogP contribution in [0.15, 0.2) is 58.9 Å². The van der Waals surface area contributed by atoms with Gasteiger partial charge in [-0.25, -0.2) is 0 Å². The fraction of sp³-hybridized carbons (Fsp3) is 0.400. The van der Waals surface area contributed by atoms with Crippen LogP contribution in [0.25, 0.3) is 0 Å². The van der Waals surface area contributed by atoms with E-state index in [4.69, 9.17) is 32.7 Å². The van der Waals surface area contributed by atoms with Crippen molar-refractivity contribution in [1.29, 1.82) is 0 Å². The average molecular weight is 540 g/mol. The Labute approximate surface area is 228 Å². The summed E-state index contributed by atoms with van der Waals surface area (Å²) in [6, 6.07) is 11.1. The fourth-order valence-corrected chi connectivity index (χ4v) is 6.36. The summed E-state index contributed by atoms with van der Waals surface area (Å²) in [6.07, 6.45) is 5.29. The minimum absolute atomic E-state index is 0.119. The second-order valence-electron chi connectivity index (χ2n) is 9.81. The molecule has 0 unspecified atom stereocenters. The summed E-state index contributed by atoms with van der Waals surface area (Å²) in [4.78, 5) is 29.1. The Morgan fingerprint density at radius 2 is 1.62 bits per heavy atom. The fourth-order valence-electron chi connectivity index (χ4n) is 5.87. The molecule has 194 valence electrons. The molecule has 2 aromatic carbocycles. The summed E-state index contributed by atoms with van der Waals surface area (Å²) >= 11 is 12.9. The Kier molecular flexibility index (Phi) is 7.64. The van der Waals surface area contributed by atoms with Gasteiger partial charge < -0.3 is 14.4 Å². The number of halogens is 2. The first-order valence-electron chi connectivity index (χ1n) is 13.0. The molecule has 7 heteroatoms. The average Bonchev–Trinajstić information content (AvgIpc) is 2.88. The topological polar surface area (TPSA) is 55.8 Å². The second-order valence-corrected chi connectivity index (χ2v) is 10.7. The normalized spacial score (nSPS) is 18.2. The lowest BCUT2D eigenvalue weighted by atomic mass is 9.71. The molecule has 0 saturated carbocycles. The molecule has 0 radical (unpaired) electrons. The van der Waals surface area contributed by atoms with Crippen LogP contribution in [0.5, 0.6) is 11.5 Å². The molecule has 1 aliphatic heterocycles. The Morgan fingerprint density at radius 1 is 0.946 bits per heavy atom. The summed E-state index contributed by atoms with van der Waals surface area (Å²) < 4.78 is 11.8. The maximum absolute atomic E-state index is 13.4. The molecule has 0 saturated heterocycles. The maximum Gasteiger partial charge on any atom is 0.180 e. The molecule has 0 amide bonds. The molecule has 0 fully saturated rings. The highest BCUT2D eigenvalue weighted by Gasteiger charge is 2.43. The molecule has 5 rings (SSSR count). The number of Topliss-reactive ketones (excluding diaryl/α,β-unsaturated/α-hetero) is 2. The number of ketones is 2. The second kappa shape index (κ2) is 10.9. The van der Waals surface area contributed by atoms with E-state index in [-0.39, 0.29) is 18.2 Å². The molecule has 1 heterocycles. The molecule has 5 nitrogen and oxygen atoms in total. The van der Waals surface area contributed by atoms with E-state index in [9.17, 15) is 9.59 Å². The number of hydrogen-bond acceptors (Lipinski definition) is 5. The number of nitrogens with zero attached hydrogens (tertiary/aromatic N) is 1. The summed E-state index contributed by atoms with van der Waals surface area (Å²) in [5.41, 5.74) is 5.35. The van der Waals surface area contributed by atoms with Crippen molar-refractivity contribution in [3.8, 4) is 11.5 Å². The number of methoxy groups -OCH3 is 1. The zero-order valence-corrected chi connectivity index (χ0v) is 22.8. The third-order valence-corrected chi connectivity index (χ3v) is 7.91. The van der Waals surface area contributed by atoms with Crippen molar-refractivity contribution in [3.05, 3.63) is 80.1 Å². The van der Waals surface area contributed by atoms with Crippen LogP contribution in [0.4, 0.5) is 0 Å². The standard InChI is InChI=1S/C30H31Cl2NO4/c1-3-13-33-22-9-5-11-24(34)28(22)27(29-23(33)10-6-12-25(29)35)19-15-21(32)30(26(16-19)36-2)37-17-18-7-4-8-20(31)14-18/h4,7-8,14-16,27H,3,5-6,9-13,17H2,1-2H3. The maximum atomic E-state index is 13.4. The summed E-state index contributed by atoms with van der Waals surface area (Å²) in [6.45, 7) is 3.22. The van der Waals surface area contributed by atoms with Gasteiger partial charge in [-0.2, -0.15) is 0 Å². The van der Waals surface area contributed by atoms with E-state index in [1.165, 1.54) is 0 Å². The first kappa shape index (κ1) is 25.9. The summed E-state index contributed by atoms with van der Waals surface area (Å²) in [5.74, 6) is 0.690. The van der Waals surface area contributed by atoms with Crippen LogP contribution in [-0.4, -0.2) is 30.1 Å². The summed E-state index contributed by atoms with van der Waals surface area (Å²) in [7, 11) is 1.57. The summed E-state index contributed by atoms with van der Waals surface area (Å²) in [5, 5.41) is 1.01. The van der Waals surface area contributed by atoms with Gasteiger partial charge in [-0.3, -0.25) is 9.59 Å². The number of benzene rings is 2. The van der Waals surface area contributed by atoms with Gasteiger partial charge in [0.15, 0.2) is 23.1 Å². The number of allylic oxidation sites excluding steroid dienone is 4. The van der Waals surface area contributed by atoms with Crippen LogP contribution in [0.3, 0.4) is 0 Å². The van der Waals surface area contributed by atoms with E-state index < -0.39 is 5.92 Å². The van der Waals surface area contributed by atoms with Crippen molar-refractivity contribution in [2.24, 2.45) is 0 Å². The number of carbonyl (C=O) groups is 2. The van der Waals surface area contributed by atoms with Crippen molar-refractivity contribution in [3.63, 3.8) is 0 Å². The van der Waals surface area contributed by atoms with Crippen LogP contribution in [0.1, 0.15) is 68.9 Å². The number of ether oxygens (including phenoxy) is 2. The van der Waals surface area contributed by atoms with E-state index in [2.05, 4.69) is 11.8 Å². The van der Waals surface area contributed by atoms with Gasteiger partial charge in [0.25, 0.3) is 0 Å². The van der Waals surface area contributed by atoms with Gasteiger partial charge in [-0.15, -0.1) is 0 Å². The van der Waals surface area contributed by atoms with Gasteiger partial charge in [0.1, 0.15) is 6.61 Å². The van der Waals surface area contributed by atoms with Crippen LogP contribution in [-0.2, 0) is 16.2 Å². The molecule has 2 aliphatic carbocycles. The SMILES string of the molecule is CCCN1C2=C(C(=O)CCC2)C(c2cc(Cl)c(OCc3cccc(Cl)c3)c(OC)c2)C2=C1CCCC2=O. The molecule has 2 aromatic rings. The van der Waals surface area contributed by atoms with E-state index in [1.54, 1.807) is 7.11 Å². The molecule has 0 spiro atoms. The highest BCUT2D eigenvalue weighted by molar-refractivity contribution is 6.32. The predicted molar refractivity (Wildman–Crippen MR) is 145 cm³/mol. The minimum atomic E-state index is -0.438. The number of rotatable bonds is 7. The van der Waals surface area contributed by atoms with Crippen LogP contribution in [0.2, 0.25) is 10.0 Å². The monoisotopic (exact) mass is 539 g/mol. The van der Waals surface area contributed by atoms with E-state index >= 15 is 0 Å². The van der Waals surface area contributed by atoms with Crippen LogP contribution in [0, 0.1) is 0 Å². The predicted octanol–water partition coefficient (Wildman–Crippen LogP) is 7.40. The Balaban J connectivity index is 1.60. The van der Waals surface area contributed by atoms with E-state index in [1.807, 2.05) is 36.4 Å². The van der Waals surface area contributed by atoms with Gasteiger partial charge in [-0.05, 0) is 67.5 Å². The number of carbonyl (C=O) groups excluding carboxylic acids is 2. The van der Waals surface area contributed by atoms with Gasteiger partial charge in [-0.1, -0.05) is 42.3 Å². The lowest BCUT2D eigenvalue weighted by Crippen LogP contribution is -2.39. The van der Waals surface area contributed by atoms with Crippen LogP contribution < -0.4 is 9.47 Å². The lowest BCUT2D eigenvalue weighted by Gasteiger charge is -2.44. The molecule has 37 heavy (non-hydrogen) atoms. The quantitative estimate of drug-likeness (QED) is 0.366.